The zero-order chi connectivity index (χ0) is 107. The van der Waals surface area contributed by atoms with Gasteiger partial charge in [0.2, 0.25) is 29.5 Å². The van der Waals surface area contributed by atoms with Gasteiger partial charge in [-0.2, -0.15) is 0 Å². The minimum Gasteiger partial charge on any atom is -0.394 e. The van der Waals surface area contributed by atoms with Gasteiger partial charge in [0.25, 0.3) is 0 Å². The predicted molar refractivity (Wildman–Crippen MR) is 449 cm³/mol. The van der Waals surface area contributed by atoms with E-state index in [-0.39, 0.29) is 0 Å². The number of amides is 5. The maximum atomic E-state index is 14.1. The van der Waals surface area contributed by atoms with Crippen molar-refractivity contribution in [1.82, 2.24) is 26.6 Å². The van der Waals surface area contributed by atoms with Gasteiger partial charge in [0, 0.05) is 34.6 Å². The molecule has 12 heterocycles. The normalized spacial score (nSPS) is 50.1. The number of carbonyl (C=O) groups excluding carboxylic acids is 5. The lowest BCUT2D eigenvalue weighted by atomic mass is 9.93. The Morgan fingerprint density at radius 1 is 0.193 bits per heavy atom. The highest BCUT2D eigenvalue weighted by molar-refractivity contribution is 5.75. The molecule has 0 aromatic carbocycles. The average Bonchev–Trinajstić information content (AvgIpc) is 0.753. The first-order chi connectivity index (χ1) is 68.5. The number of aliphatic hydroxyl groups excluding tert-OH is 30. The summed E-state index contributed by atoms with van der Waals surface area (Å²) in [6.07, 6.45) is -121. The lowest BCUT2D eigenvalue weighted by Gasteiger charge is -2.53. The smallest absolute Gasteiger partial charge is 0.217 e. The molecule has 0 aromatic heterocycles. The van der Waals surface area contributed by atoms with Gasteiger partial charge < -0.3 is 289 Å². The fourth-order valence-corrected chi connectivity index (χ4v) is 19.1. The zero-order valence-corrected chi connectivity index (χ0v) is 78.9. The third-order valence-corrected chi connectivity index (χ3v) is 27.0. The molecule has 0 aliphatic carbocycles. The summed E-state index contributed by atoms with van der Waals surface area (Å²) in [7, 11) is 0. The number of rotatable bonds is 36. The van der Waals surface area contributed by atoms with Crippen molar-refractivity contribution in [2.24, 2.45) is 0 Å². The molecule has 145 heavy (non-hydrogen) atoms. The summed E-state index contributed by atoms with van der Waals surface area (Å²) in [4.78, 5) is 66.6. The van der Waals surface area contributed by atoms with Crippen LogP contribution in [0.1, 0.15) is 55.4 Å². The van der Waals surface area contributed by atoms with Crippen molar-refractivity contribution in [3.05, 3.63) is 0 Å². The van der Waals surface area contributed by atoms with Gasteiger partial charge in [0.15, 0.2) is 75.5 Å². The molecule has 12 saturated heterocycles. The van der Waals surface area contributed by atoms with E-state index in [0.717, 1.165) is 34.6 Å². The summed E-state index contributed by atoms with van der Waals surface area (Å²) < 4.78 is 143. The lowest BCUT2D eigenvalue weighted by molar-refractivity contribution is -0.413. The van der Waals surface area contributed by atoms with Crippen LogP contribution in [-0.4, -0.2) is 610 Å². The molecule has 60 atom stereocenters. The van der Waals surface area contributed by atoms with E-state index in [0.29, 0.717) is 0 Å². The van der Waals surface area contributed by atoms with Crippen molar-refractivity contribution in [3.63, 3.8) is 0 Å². The van der Waals surface area contributed by atoms with Crippen molar-refractivity contribution in [3.8, 4) is 0 Å². The van der Waals surface area contributed by atoms with Gasteiger partial charge in [0.1, 0.15) is 274 Å². The molecule has 0 saturated carbocycles. The SMILES string of the molecule is CC(=O)N[C@H]1[C@H](O[C@H]2[C@H](O)[C@@H](NC(C)=O)C(O)O[C@@H]2CO)O[C@H](CO)[C@@H](O[C@@H]2O[C@H](CO[C@H]3O[C@H](CO)[C@@H](O)[C@H](O)[C@@H]3O[C@@H]3O[C@H](CO)[C@@H](O)[C@H](O[C@@H]4O[C@@H](C)[C@@H](O)[C@@H](O)[C@@H]4O)[C@H]3NC(C)=O)[C@@H](O[C@@H]3O[C@H](CO)[C@@H](O)[C@H](O)[C@H]3NC(C)=O)[C@H](O[C@H]3O[C@H](CO)[C@@H](O)[C@H](O)[C@@H]3O[C@@H]3O[C@H](CO)[C@@H](O[C@@H]4O[C@H](CO)[C@H](O)[C@H](O)[C@H]4O[C@@H]4O[C@@H](C)[C@@H](O)[C@@H](O)[C@@H]4O)[C@H](O[C@@H]4O[C@@H](C)[C@@H](O)[C@@H](O)[C@@H]4O)[C@H]3NC(C)=O)[C@@H]2O)[C@@H]1O. The first-order valence-corrected chi connectivity index (χ1v) is 46.7. The van der Waals surface area contributed by atoms with Gasteiger partial charge in [-0.25, -0.2) is 0 Å². The maximum Gasteiger partial charge on any atom is 0.217 e. The van der Waals surface area contributed by atoms with Crippen LogP contribution in [0.25, 0.3) is 0 Å². The molecule has 12 aliphatic rings. The molecule has 35 N–H and O–H groups in total. The number of ether oxygens (including phenoxy) is 23. The molecule has 12 aliphatic heterocycles. The Kier molecular flexibility index (Phi) is 42.2. The number of carbonyl (C=O) groups is 5. The van der Waals surface area contributed by atoms with E-state index in [1.807, 2.05) is 0 Å². The summed E-state index contributed by atoms with van der Waals surface area (Å²) in [5, 5.41) is 356. The molecule has 838 valence electrons. The largest absolute Gasteiger partial charge is 0.394 e. The highest BCUT2D eigenvalue weighted by Gasteiger charge is 2.65. The van der Waals surface area contributed by atoms with Gasteiger partial charge in [-0.15, -0.1) is 0 Å². The van der Waals surface area contributed by atoms with Crippen molar-refractivity contribution < 1.29 is 286 Å². The lowest BCUT2D eigenvalue weighted by Crippen LogP contribution is -2.72. The first-order valence-electron chi connectivity index (χ1n) is 46.7. The second kappa shape index (κ2) is 51.5. The van der Waals surface area contributed by atoms with Crippen LogP contribution in [0.2, 0.25) is 0 Å². The number of hydrogen-bond donors (Lipinski definition) is 35. The fourth-order valence-electron chi connectivity index (χ4n) is 19.1. The minimum atomic E-state index is -2.88. The van der Waals surface area contributed by atoms with Crippen LogP contribution in [0.4, 0.5) is 0 Å². The summed E-state index contributed by atoms with van der Waals surface area (Å²) in [6.45, 7) is -3.22. The standard InChI is InChI=1S/C82H137N5O58/c1-18-40(101)51(112)57(118)76(124-18)140-65-38(86-24(7)99)74(129-30(13-92)47(65)108)143-68-54(115)44(105)27(10-89)130-80(68)123-17-34-64(138-72-36(84-22(5)97)48(109)43(104)26(9-88)128-72)67(60(121)79(135-34)137-62-32(15-94)133-73(37(50(62)111)85-23(6)98)136-61-31(14-93)127-71(122)35(49(61)110)83-21(4)96)142-82-69(55(116)45(106)29(12-91)132-82)144-75-39(87-25(8)100)66(141-77-58(119)52(113)41(102)19(2)125-77)63(33(16-95)134-75)139-81-70(56(117)46(107)28(11-90)131-81)145-78-59(120)53(114)42(103)20(3)126-78/h18-20,26-82,88-95,101-122H,9-17H2,1-8H3,(H,83,96)(H,84,97)(H,85,98)(H,86,99)(H,87,100)/t18-,19-,20-,26+,27+,28+,29+,30+,31+,32+,33+,34+,35+,36+,37+,38+,39+,40+,41+,42+,43+,44+,45+,46-,47+,48+,49+,50+,51+,52+,53+,54-,55-,56-,57-,58-,59-,60-,61+,62+,63+,64+,65+,66+,67+,68-,69-,70+,71?,72-,73-,74-,75-,76-,77-,78-,79-,80-,81-,82+/m0/s1. The molecular formula is C82H137N5O58. The number of nitrogens with one attached hydrogen (secondary N) is 5. The molecule has 63 nitrogen and oxygen atoms in total. The Balaban J connectivity index is 0.994. The summed E-state index contributed by atoms with van der Waals surface area (Å²) in [5.74, 6) is -5.06. The van der Waals surface area contributed by atoms with Gasteiger partial charge in [0.05, 0.1) is 77.8 Å². The van der Waals surface area contributed by atoms with E-state index in [4.69, 9.17) is 109 Å². The summed E-state index contributed by atoms with van der Waals surface area (Å²) in [5.41, 5.74) is 0. The van der Waals surface area contributed by atoms with Crippen molar-refractivity contribution in [2.45, 2.75) is 424 Å². The molecule has 5 amide bonds. The van der Waals surface area contributed by atoms with E-state index in [1.165, 1.54) is 20.8 Å². The predicted octanol–water partition coefficient (Wildman–Crippen LogP) is -23.4. The van der Waals surface area contributed by atoms with Gasteiger partial charge in [-0.05, 0) is 20.8 Å². The van der Waals surface area contributed by atoms with E-state index >= 15 is 0 Å². The quantitative estimate of drug-likeness (QED) is 0.0277. The molecule has 12 fully saturated rings. The van der Waals surface area contributed by atoms with E-state index in [2.05, 4.69) is 26.6 Å². The fraction of sp³-hybridized carbons (Fsp3) is 0.939. The molecule has 0 aromatic rings. The minimum absolute atomic E-state index is 0.847. The topological polar surface area (TPSA) is 965 Å². The van der Waals surface area contributed by atoms with Crippen molar-refractivity contribution in [1.29, 1.82) is 0 Å². The molecule has 63 heteroatoms. The van der Waals surface area contributed by atoms with Crippen LogP contribution in [0.3, 0.4) is 0 Å². The van der Waals surface area contributed by atoms with Crippen LogP contribution in [-0.2, 0) is 133 Å². The Labute approximate surface area is 822 Å². The van der Waals surface area contributed by atoms with E-state index < -0.39 is 457 Å². The summed E-state index contributed by atoms with van der Waals surface area (Å²) >= 11 is 0. The molecule has 1 unspecified atom stereocenters. The third-order valence-electron chi connectivity index (χ3n) is 27.0. The maximum absolute atomic E-state index is 14.1. The van der Waals surface area contributed by atoms with Crippen molar-refractivity contribution in [2.75, 3.05) is 59.5 Å². The highest BCUT2D eigenvalue weighted by atomic mass is 16.8. The van der Waals surface area contributed by atoms with Crippen LogP contribution in [0, 0.1) is 0 Å². The van der Waals surface area contributed by atoms with E-state index in [9.17, 15) is 177 Å². The summed E-state index contributed by atoms with van der Waals surface area (Å²) in [6, 6.07) is -10.2. The van der Waals surface area contributed by atoms with Crippen LogP contribution in [0.15, 0.2) is 0 Å². The molecule has 12 rings (SSSR count). The van der Waals surface area contributed by atoms with Crippen LogP contribution in [0.5, 0.6) is 0 Å². The van der Waals surface area contributed by atoms with E-state index in [1.54, 1.807) is 0 Å². The second-order valence-corrected chi connectivity index (χ2v) is 37.3. The third kappa shape index (κ3) is 26.2. The molecule has 0 bridgehead atoms. The zero-order valence-electron chi connectivity index (χ0n) is 78.9. The highest BCUT2D eigenvalue weighted by Crippen LogP contribution is 2.44. The van der Waals surface area contributed by atoms with Gasteiger partial charge >= 0.3 is 0 Å². The Morgan fingerprint density at radius 2 is 0.441 bits per heavy atom. The first kappa shape index (κ1) is 119. The Bertz CT molecular complexity index is 4070. The van der Waals surface area contributed by atoms with Gasteiger partial charge in [-0.3, -0.25) is 24.0 Å². The van der Waals surface area contributed by atoms with Crippen molar-refractivity contribution >= 4 is 29.5 Å². The molecule has 0 radical (unpaired) electrons. The number of hydrogen-bond acceptors (Lipinski definition) is 58. The average molecular weight is 2120 g/mol. The van der Waals surface area contributed by atoms with Gasteiger partial charge in [-0.1, -0.05) is 0 Å². The molecular weight excluding hydrogens is 1980 g/mol. The Morgan fingerprint density at radius 3 is 0.848 bits per heavy atom. The van der Waals surface area contributed by atoms with Crippen LogP contribution < -0.4 is 26.6 Å². The Hall–Kier alpha value is -4.77. The monoisotopic (exact) mass is 2120 g/mol. The number of aliphatic hydroxyl groups is 30. The van der Waals surface area contributed by atoms with Crippen LogP contribution >= 0.6 is 0 Å². The second-order valence-electron chi connectivity index (χ2n) is 37.3. The molecule has 0 spiro atoms.